The minimum atomic E-state index is 0. The van der Waals surface area contributed by atoms with Gasteiger partial charge in [-0.15, -0.1) is 12.4 Å². The fourth-order valence-corrected chi connectivity index (χ4v) is 2.45. The highest BCUT2D eigenvalue weighted by Gasteiger charge is 2.27. The van der Waals surface area contributed by atoms with Gasteiger partial charge in [-0.05, 0) is 25.2 Å². The van der Waals surface area contributed by atoms with Crippen LogP contribution in [0.4, 0.5) is 0 Å². The third-order valence-electron chi connectivity index (χ3n) is 3.31. The average molecular weight is 249 g/mol. The zero-order chi connectivity index (χ0) is 11.1. The monoisotopic (exact) mass is 248 g/mol. The van der Waals surface area contributed by atoms with Crippen LogP contribution in [0.5, 0.6) is 0 Å². The zero-order valence-electron chi connectivity index (χ0n) is 10.2. The second kappa shape index (κ2) is 8.82. The van der Waals surface area contributed by atoms with Crippen LogP contribution in [0.25, 0.3) is 0 Å². The van der Waals surface area contributed by atoms with E-state index in [2.05, 4.69) is 12.2 Å². The summed E-state index contributed by atoms with van der Waals surface area (Å²) in [6.07, 6.45) is 7.98. The van der Waals surface area contributed by atoms with Gasteiger partial charge in [-0.2, -0.15) is 0 Å². The van der Waals surface area contributed by atoms with Crippen LogP contribution in [0.3, 0.4) is 0 Å². The quantitative estimate of drug-likeness (QED) is 0.758. The van der Waals surface area contributed by atoms with Gasteiger partial charge in [0.1, 0.15) is 0 Å². The molecule has 0 aromatic heterocycles. The van der Waals surface area contributed by atoms with E-state index in [-0.39, 0.29) is 18.3 Å². The van der Waals surface area contributed by atoms with Gasteiger partial charge in [0.05, 0.1) is 0 Å². The second-order valence-electron chi connectivity index (χ2n) is 4.55. The third-order valence-corrected chi connectivity index (χ3v) is 3.31. The lowest BCUT2D eigenvalue weighted by atomic mass is 9.97. The molecule has 96 valence electrons. The number of amides is 1. The van der Waals surface area contributed by atoms with Gasteiger partial charge in [0.2, 0.25) is 5.91 Å². The Morgan fingerprint density at radius 2 is 2.19 bits per heavy atom. The van der Waals surface area contributed by atoms with Gasteiger partial charge in [-0.3, -0.25) is 4.79 Å². The van der Waals surface area contributed by atoms with Crippen molar-refractivity contribution in [2.45, 2.75) is 57.9 Å². The summed E-state index contributed by atoms with van der Waals surface area (Å²) < 4.78 is 0. The molecule has 1 rings (SSSR count). The van der Waals surface area contributed by atoms with Gasteiger partial charge in [0.25, 0.3) is 0 Å². The Labute approximate surface area is 105 Å². The molecule has 1 aliphatic carbocycles. The molecule has 4 heteroatoms. The molecule has 3 N–H and O–H groups in total. The van der Waals surface area contributed by atoms with E-state index in [0.717, 1.165) is 6.42 Å². The third kappa shape index (κ3) is 5.17. The fraction of sp³-hybridized carbons (Fsp3) is 0.917. The van der Waals surface area contributed by atoms with Crippen LogP contribution < -0.4 is 11.1 Å². The van der Waals surface area contributed by atoms with Crippen LogP contribution >= 0.6 is 12.4 Å². The molecule has 1 fully saturated rings. The van der Waals surface area contributed by atoms with Crippen LogP contribution in [0, 0.1) is 5.92 Å². The standard InChI is InChI=1S/C12H24N2O.ClH/c1-2-3-5-10-6-4-7-11(10)14-12(15)8-9-13;/h10-11H,2-9,13H2,1H3,(H,14,15);1H. The summed E-state index contributed by atoms with van der Waals surface area (Å²) in [5, 5.41) is 3.12. The molecule has 0 aliphatic heterocycles. The lowest BCUT2D eigenvalue weighted by molar-refractivity contribution is -0.121. The minimum absolute atomic E-state index is 0. The van der Waals surface area contributed by atoms with Gasteiger partial charge in [0, 0.05) is 19.0 Å². The Morgan fingerprint density at radius 3 is 2.81 bits per heavy atom. The molecule has 0 heterocycles. The highest BCUT2D eigenvalue weighted by molar-refractivity contribution is 5.85. The maximum atomic E-state index is 11.4. The number of carbonyl (C=O) groups excluding carboxylic acids is 1. The Kier molecular flexibility index (Phi) is 8.67. The van der Waals surface area contributed by atoms with Gasteiger partial charge < -0.3 is 11.1 Å². The van der Waals surface area contributed by atoms with E-state index < -0.39 is 0 Å². The van der Waals surface area contributed by atoms with Crippen molar-refractivity contribution in [3.05, 3.63) is 0 Å². The van der Waals surface area contributed by atoms with Crippen molar-refractivity contribution in [2.75, 3.05) is 6.54 Å². The van der Waals surface area contributed by atoms with Gasteiger partial charge in [-0.25, -0.2) is 0 Å². The predicted molar refractivity (Wildman–Crippen MR) is 69.7 cm³/mol. The van der Waals surface area contributed by atoms with Crippen LogP contribution in [0.1, 0.15) is 51.9 Å². The fourth-order valence-electron chi connectivity index (χ4n) is 2.45. The predicted octanol–water partition coefficient (Wildman–Crippen LogP) is 2.23. The van der Waals surface area contributed by atoms with Crippen molar-refractivity contribution in [1.29, 1.82) is 0 Å². The van der Waals surface area contributed by atoms with E-state index in [1.807, 2.05) is 0 Å². The van der Waals surface area contributed by atoms with Crippen molar-refractivity contribution in [3.8, 4) is 0 Å². The minimum Gasteiger partial charge on any atom is -0.353 e. The van der Waals surface area contributed by atoms with Crippen LogP contribution in [0.15, 0.2) is 0 Å². The van der Waals surface area contributed by atoms with E-state index in [1.165, 1.54) is 32.1 Å². The molecule has 1 amide bonds. The number of hydrogen-bond donors (Lipinski definition) is 2. The molecule has 0 radical (unpaired) electrons. The first-order valence-electron chi connectivity index (χ1n) is 6.27. The second-order valence-corrected chi connectivity index (χ2v) is 4.55. The summed E-state index contributed by atoms with van der Waals surface area (Å²) in [7, 11) is 0. The molecule has 0 bridgehead atoms. The SMILES string of the molecule is CCCCC1CCCC1NC(=O)CCN.Cl. The highest BCUT2D eigenvalue weighted by atomic mass is 35.5. The number of nitrogens with one attached hydrogen (secondary N) is 1. The number of rotatable bonds is 6. The van der Waals surface area contributed by atoms with Gasteiger partial charge in [-0.1, -0.05) is 26.2 Å². The van der Waals surface area contributed by atoms with Crippen molar-refractivity contribution >= 4 is 18.3 Å². The lowest BCUT2D eigenvalue weighted by Gasteiger charge is -2.20. The summed E-state index contributed by atoms with van der Waals surface area (Å²) in [6, 6.07) is 0.426. The molecule has 2 atom stereocenters. The molecule has 0 aromatic carbocycles. The Balaban J connectivity index is 0.00000225. The summed E-state index contributed by atoms with van der Waals surface area (Å²) in [5.41, 5.74) is 5.36. The molecule has 1 aliphatic rings. The first-order valence-corrected chi connectivity index (χ1v) is 6.27. The maximum Gasteiger partial charge on any atom is 0.221 e. The first kappa shape index (κ1) is 15.7. The van der Waals surface area contributed by atoms with Gasteiger partial charge >= 0.3 is 0 Å². The molecule has 0 saturated heterocycles. The Morgan fingerprint density at radius 1 is 1.44 bits per heavy atom. The van der Waals surface area contributed by atoms with Crippen molar-refractivity contribution < 1.29 is 4.79 Å². The maximum absolute atomic E-state index is 11.4. The van der Waals surface area contributed by atoms with Crippen molar-refractivity contribution in [3.63, 3.8) is 0 Å². The average Bonchev–Trinajstić information content (AvgIpc) is 2.63. The largest absolute Gasteiger partial charge is 0.353 e. The molecular formula is C12H25ClN2O. The summed E-state index contributed by atoms with van der Waals surface area (Å²) >= 11 is 0. The van der Waals surface area contributed by atoms with E-state index in [4.69, 9.17) is 5.73 Å². The van der Waals surface area contributed by atoms with Crippen molar-refractivity contribution in [2.24, 2.45) is 11.7 Å². The molecule has 0 spiro atoms. The number of unbranched alkanes of at least 4 members (excludes halogenated alkanes) is 1. The van der Waals surface area contributed by atoms with Crippen molar-refractivity contribution in [1.82, 2.24) is 5.32 Å². The summed E-state index contributed by atoms with van der Waals surface area (Å²) in [6.45, 7) is 2.68. The zero-order valence-corrected chi connectivity index (χ0v) is 11.0. The highest BCUT2D eigenvalue weighted by Crippen LogP contribution is 2.29. The molecule has 3 nitrogen and oxygen atoms in total. The van der Waals surface area contributed by atoms with E-state index in [9.17, 15) is 4.79 Å². The Hall–Kier alpha value is -0.280. The number of halogens is 1. The molecule has 0 aromatic rings. The van der Waals surface area contributed by atoms with E-state index in [0.29, 0.717) is 24.9 Å². The topological polar surface area (TPSA) is 55.1 Å². The number of carbonyl (C=O) groups is 1. The smallest absolute Gasteiger partial charge is 0.221 e. The van der Waals surface area contributed by atoms with Gasteiger partial charge in [0.15, 0.2) is 0 Å². The van der Waals surface area contributed by atoms with E-state index in [1.54, 1.807) is 0 Å². The summed E-state index contributed by atoms with van der Waals surface area (Å²) in [5.74, 6) is 0.845. The molecule has 2 unspecified atom stereocenters. The lowest BCUT2D eigenvalue weighted by Crippen LogP contribution is -2.38. The normalized spacial score (nSPS) is 23.9. The molecule has 16 heavy (non-hydrogen) atoms. The number of nitrogens with two attached hydrogens (primary N) is 1. The number of hydrogen-bond acceptors (Lipinski definition) is 2. The molecule has 1 saturated carbocycles. The first-order chi connectivity index (χ1) is 7.27. The van der Waals surface area contributed by atoms with Crippen LogP contribution in [0.2, 0.25) is 0 Å². The van der Waals surface area contributed by atoms with E-state index >= 15 is 0 Å². The molecular weight excluding hydrogens is 224 g/mol. The Bertz CT molecular complexity index is 199. The van der Waals surface area contributed by atoms with Crippen LogP contribution in [-0.2, 0) is 4.79 Å². The summed E-state index contributed by atoms with van der Waals surface area (Å²) in [4.78, 5) is 11.4. The van der Waals surface area contributed by atoms with Crippen LogP contribution in [-0.4, -0.2) is 18.5 Å².